The molecule has 0 saturated heterocycles. The Balaban J connectivity index is 2.79. The van der Waals surface area contributed by atoms with Gasteiger partial charge in [0.1, 0.15) is 0 Å². The lowest BCUT2D eigenvalue weighted by molar-refractivity contribution is -0.117. The summed E-state index contributed by atoms with van der Waals surface area (Å²) < 4.78 is 23.1. The Hall–Kier alpha value is -1.56. The maximum atomic E-state index is 11.5. The number of rotatable bonds is 7. The summed E-state index contributed by atoms with van der Waals surface area (Å²) in [4.78, 5) is 11.0. The van der Waals surface area contributed by atoms with Crippen molar-refractivity contribution in [1.29, 1.82) is 0 Å². The van der Waals surface area contributed by atoms with Gasteiger partial charge < -0.3 is 11.1 Å². The Morgan fingerprint density at radius 2 is 2.00 bits per heavy atom. The van der Waals surface area contributed by atoms with Gasteiger partial charge in [0.25, 0.3) is 0 Å². The largest absolute Gasteiger partial charge is 0.381 e. The zero-order valence-corrected chi connectivity index (χ0v) is 12.0. The van der Waals surface area contributed by atoms with Crippen LogP contribution in [0.5, 0.6) is 0 Å². The molecule has 1 rings (SSSR count). The highest BCUT2D eigenvalue weighted by atomic mass is 32.2. The van der Waals surface area contributed by atoms with Gasteiger partial charge in [-0.15, -0.1) is 0 Å². The summed E-state index contributed by atoms with van der Waals surface area (Å²) in [6.07, 6.45) is 0.135. The van der Waals surface area contributed by atoms with Crippen LogP contribution in [-0.2, 0) is 21.1 Å². The number of primary amides is 1. The smallest absolute Gasteiger partial charge is 0.221 e. The third kappa shape index (κ3) is 5.30. The molecular weight excluding hydrogens is 264 g/mol. The fraction of sp³-hybridized carbons (Fsp3) is 0.462. The summed E-state index contributed by atoms with van der Waals surface area (Å²) in [5.74, 6) is -0.223. The molecule has 0 heterocycles. The van der Waals surface area contributed by atoms with Crippen LogP contribution in [0.3, 0.4) is 0 Å². The van der Waals surface area contributed by atoms with Gasteiger partial charge in [-0.2, -0.15) is 0 Å². The third-order valence-electron chi connectivity index (χ3n) is 2.73. The lowest BCUT2D eigenvalue weighted by atomic mass is 10.1. The Labute approximate surface area is 114 Å². The number of sulfone groups is 1. The molecule has 0 aliphatic rings. The number of carbonyl (C=O) groups excluding carboxylic acids is 1. The zero-order valence-electron chi connectivity index (χ0n) is 11.2. The molecule has 0 aliphatic carbocycles. The van der Waals surface area contributed by atoms with Crippen LogP contribution in [-0.4, -0.2) is 31.9 Å². The minimum atomic E-state index is -3.03. The van der Waals surface area contributed by atoms with Gasteiger partial charge in [0.15, 0.2) is 9.84 Å². The van der Waals surface area contributed by atoms with Crippen LogP contribution in [0.4, 0.5) is 5.69 Å². The highest BCUT2D eigenvalue weighted by Crippen LogP contribution is 2.17. The second-order valence-corrected chi connectivity index (χ2v) is 6.94. The Kier molecular flexibility index (Phi) is 5.35. The summed E-state index contributed by atoms with van der Waals surface area (Å²) in [6.45, 7) is 3.43. The average molecular weight is 284 g/mol. The molecule has 0 bridgehead atoms. The molecule has 3 N–H and O–H groups in total. The van der Waals surface area contributed by atoms with E-state index in [4.69, 9.17) is 5.73 Å². The maximum Gasteiger partial charge on any atom is 0.221 e. The van der Waals surface area contributed by atoms with Crippen molar-refractivity contribution >= 4 is 21.4 Å². The van der Waals surface area contributed by atoms with E-state index in [9.17, 15) is 13.2 Å². The molecule has 106 valence electrons. The Morgan fingerprint density at radius 3 is 2.58 bits per heavy atom. The first-order valence-electron chi connectivity index (χ1n) is 6.17. The predicted octanol–water partition coefficient (Wildman–Crippen LogP) is 0.950. The van der Waals surface area contributed by atoms with E-state index < -0.39 is 15.7 Å². The molecule has 0 radical (unpaired) electrons. The third-order valence-corrected chi connectivity index (χ3v) is 4.62. The summed E-state index contributed by atoms with van der Waals surface area (Å²) >= 11 is 0. The van der Waals surface area contributed by atoms with E-state index in [1.165, 1.54) is 0 Å². The van der Waals surface area contributed by atoms with Crippen LogP contribution in [0.2, 0.25) is 0 Å². The van der Waals surface area contributed by atoms with Crippen LogP contribution in [0.15, 0.2) is 24.3 Å². The van der Waals surface area contributed by atoms with Gasteiger partial charge in [-0.25, -0.2) is 8.42 Å². The van der Waals surface area contributed by atoms with E-state index in [1.807, 2.05) is 18.2 Å². The summed E-state index contributed by atoms with van der Waals surface area (Å²) in [7, 11) is -3.03. The molecule has 0 fully saturated rings. The minimum absolute atomic E-state index is 0.0639. The van der Waals surface area contributed by atoms with E-state index in [2.05, 4.69) is 5.32 Å². The average Bonchev–Trinajstić information content (AvgIpc) is 2.30. The standard InChI is InChI=1S/C13H20N2O3S/c1-3-19(17,18)9-10(2)15-12-7-5-4-6-11(12)8-13(14)16/h4-7,10,15H,3,8-9H2,1-2H3,(H2,14,16). The van der Waals surface area contributed by atoms with Crippen LogP contribution in [0.25, 0.3) is 0 Å². The van der Waals surface area contributed by atoms with Gasteiger partial charge in [-0.05, 0) is 18.6 Å². The molecule has 0 spiro atoms. The van der Waals surface area contributed by atoms with Crippen molar-refractivity contribution < 1.29 is 13.2 Å². The summed E-state index contributed by atoms with van der Waals surface area (Å²) in [5.41, 5.74) is 6.71. The van der Waals surface area contributed by atoms with Crippen LogP contribution >= 0.6 is 0 Å². The van der Waals surface area contributed by atoms with E-state index >= 15 is 0 Å². The van der Waals surface area contributed by atoms with Crippen LogP contribution in [0.1, 0.15) is 19.4 Å². The van der Waals surface area contributed by atoms with Gasteiger partial charge in [0, 0.05) is 17.5 Å². The van der Waals surface area contributed by atoms with Crippen molar-refractivity contribution in [2.75, 3.05) is 16.8 Å². The zero-order chi connectivity index (χ0) is 14.5. The highest BCUT2D eigenvalue weighted by molar-refractivity contribution is 7.91. The van der Waals surface area contributed by atoms with Gasteiger partial charge in [0.05, 0.1) is 12.2 Å². The molecule has 1 amide bonds. The van der Waals surface area contributed by atoms with Gasteiger partial charge in [0.2, 0.25) is 5.91 Å². The molecule has 0 saturated carbocycles. The molecule has 1 unspecified atom stereocenters. The van der Waals surface area contributed by atoms with Crippen molar-refractivity contribution in [3.05, 3.63) is 29.8 Å². The number of hydrogen-bond donors (Lipinski definition) is 2. The fourth-order valence-electron chi connectivity index (χ4n) is 1.81. The monoisotopic (exact) mass is 284 g/mol. The van der Waals surface area contributed by atoms with Crippen molar-refractivity contribution in [2.24, 2.45) is 5.73 Å². The number of para-hydroxylation sites is 1. The molecule has 1 atom stereocenters. The SMILES string of the molecule is CCS(=O)(=O)CC(C)Nc1ccccc1CC(N)=O. The first kappa shape index (κ1) is 15.5. The lowest BCUT2D eigenvalue weighted by Crippen LogP contribution is -2.27. The minimum Gasteiger partial charge on any atom is -0.381 e. The topological polar surface area (TPSA) is 89.3 Å². The Bertz CT molecular complexity index is 541. The van der Waals surface area contributed by atoms with Crippen molar-refractivity contribution in [3.63, 3.8) is 0 Å². The number of hydrogen-bond acceptors (Lipinski definition) is 4. The van der Waals surface area contributed by atoms with Crippen molar-refractivity contribution in [3.8, 4) is 0 Å². The number of amides is 1. The maximum absolute atomic E-state index is 11.5. The summed E-state index contributed by atoms with van der Waals surface area (Å²) in [5, 5.41) is 3.12. The molecule has 0 aliphatic heterocycles. The molecular formula is C13H20N2O3S. The van der Waals surface area contributed by atoms with E-state index in [1.54, 1.807) is 19.9 Å². The van der Waals surface area contributed by atoms with Gasteiger partial charge in [-0.1, -0.05) is 25.1 Å². The van der Waals surface area contributed by atoms with E-state index in [-0.39, 0.29) is 24.0 Å². The predicted molar refractivity (Wildman–Crippen MR) is 76.8 cm³/mol. The highest BCUT2D eigenvalue weighted by Gasteiger charge is 2.14. The lowest BCUT2D eigenvalue weighted by Gasteiger charge is -2.17. The fourth-order valence-corrected chi connectivity index (χ4v) is 2.89. The molecule has 1 aromatic rings. The first-order valence-corrected chi connectivity index (χ1v) is 7.99. The number of benzene rings is 1. The second kappa shape index (κ2) is 6.56. The number of anilines is 1. The van der Waals surface area contributed by atoms with Crippen LogP contribution < -0.4 is 11.1 Å². The van der Waals surface area contributed by atoms with E-state index in [0.717, 1.165) is 11.3 Å². The van der Waals surface area contributed by atoms with Gasteiger partial charge >= 0.3 is 0 Å². The van der Waals surface area contributed by atoms with Gasteiger partial charge in [-0.3, -0.25) is 4.79 Å². The van der Waals surface area contributed by atoms with Crippen LogP contribution in [0, 0.1) is 0 Å². The number of carbonyl (C=O) groups is 1. The second-order valence-electron chi connectivity index (χ2n) is 4.54. The normalized spacial score (nSPS) is 12.9. The first-order chi connectivity index (χ1) is 8.84. The molecule has 0 aromatic heterocycles. The number of nitrogens with one attached hydrogen (secondary N) is 1. The quantitative estimate of drug-likeness (QED) is 0.780. The molecule has 6 heteroatoms. The Morgan fingerprint density at radius 1 is 1.37 bits per heavy atom. The number of nitrogens with two attached hydrogens (primary N) is 1. The summed E-state index contributed by atoms with van der Waals surface area (Å²) in [6, 6.07) is 7.03. The van der Waals surface area contributed by atoms with Crippen molar-refractivity contribution in [1.82, 2.24) is 0 Å². The molecule has 1 aromatic carbocycles. The molecule has 5 nitrogen and oxygen atoms in total. The molecule has 19 heavy (non-hydrogen) atoms. The van der Waals surface area contributed by atoms with E-state index in [0.29, 0.717) is 0 Å². The van der Waals surface area contributed by atoms with Crippen molar-refractivity contribution in [2.45, 2.75) is 26.3 Å².